The highest BCUT2D eigenvalue weighted by Crippen LogP contribution is 2.15. The summed E-state index contributed by atoms with van der Waals surface area (Å²) in [4.78, 5) is 0. The first-order valence-electron chi connectivity index (χ1n) is 4.93. The van der Waals surface area contributed by atoms with Crippen molar-refractivity contribution in [2.24, 2.45) is 5.73 Å². The zero-order valence-electron chi connectivity index (χ0n) is 9.28. The molecule has 3 N–H and O–H groups in total. The van der Waals surface area contributed by atoms with Gasteiger partial charge in [0.25, 0.3) is 0 Å². The zero-order chi connectivity index (χ0) is 10.7. The van der Waals surface area contributed by atoms with Crippen molar-refractivity contribution in [1.82, 2.24) is 14.8 Å². The lowest BCUT2D eigenvalue weighted by Crippen LogP contribution is -2.21. The van der Waals surface area contributed by atoms with Crippen molar-refractivity contribution < 1.29 is 0 Å². The number of aromatic nitrogens is 3. The number of hydrogen-bond donors (Lipinski definition) is 2. The van der Waals surface area contributed by atoms with E-state index in [0.29, 0.717) is 6.04 Å². The fourth-order valence-corrected chi connectivity index (χ4v) is 1.46. The van der Waals surface area contributed by atoms with Crippen LogP contribution in [0.5, 0.6) is 0 Å². The number of nitrogens with one attached hydrogen (secondary N) is 1. The highest BCUT2D eigenvalue weighted by molar-refractivity contribution is 5.25. The Kier molecular flexibility index (Phi) is 3.46. The van der Waals surface area contributed by atoms with Crippen LogP contribution in [0.25, 0.3) is 0 Å². The average molecular weight is 197 g/mol. The molecule has 0 aliphatic heterocycles. The van der Waals surface area contributed by atoms with Crippen LogP contribution in [0.1, 0.15) is 32.6 Å². The van der Waals surface area contributed by atoms with Gasteiger partial charge in [-0.25, -0.2) is 0 Å². The third-order valence-corrected chi connectivity index (χ3v) is 2.01. The first-order chi connectivity index (χ1) is 6.56. The normalized spacial score (nSPS) is 13.3. The Morgan fingerprint density at radius 3 is 2.43 bits per heavy atom. The summed E-state index contributed by atoms with van der Waals surface area (Å²) < 4.78 is 2.07. The van der Waals surface area contributed by atoms with Crippen molar-refractivity contribution in [3.63, 3.8) is 0 Å². The van der Waals surface area contributed by atoms with Gasteiger partial charge < -0.3 is 11.1 Å². The molecule has 1 atom stereocenters. The fourth-order valence-electron chi connectivity index (χ4n) is 1.46. The molecule has 1 rings (SSSR count). The van der Waals surface area contributed by atoms with E-state index in [2.05, 4.69) is 33.9 Å². The van der Waals surface area contributed by atoms with Crippen molar-refractivity contribution in [2.45, 2.75) is 39.3 Å². The molecular weight excluding hydrogens is 178 g/mol. The van der Waals surface area contributed by atoms with Gasteiger partial charge >= 0.3 is 0 Å². The van der Waals surface area contributed by atoms with Gasteiger partial charge in [0.15, 0.2) is 0 Å². The molecule has 0 aromatic carbocycles. The number of hydrogen-bond acceptors (Lipinski definition) is 4. The predicted molar refractivity (Wildman–Crippen MR) is 57.3 cm³/mol. The highest BCUT2D eigenvalue weighted by Gasteiger charge is 2.14. The Morgan fingerprint density at radius 2 is 2.00 bits per heavy atom. The third-order valence-electron chi connectivity index (χ3n) is 2.01. The summed E-state index contributed by atoms with van der Waals surface area (Å²) in [7, 11) is 1.85. The zero-order valence-corrected chi connectivity index (χ0v) is 9.28. The van der Waals surface area contributed by atoms with Crippen LogP contribution in [0.2, 0.25) is 0 Å². The van der Waals surface area contributed by atoms with E-state index in [-0.39, 0.29) is 6.04 Å². The van der Waals surface area contributed by atoms with Crippen molar-refractivity contribution >= 4 is 5.95 Å². The van der Waals surface area contributed by atoms with Crippen molar-refractivity contribution in [1.29, 1.82) is 0 Å². The monoisotopic (exact) mass is 197 g/mol. The molecule has 1 aromatic heterocycles. The molecule has 1 heterocycles. The minimum Gasteiger partial charge on any atom is -0.357 e. The fraction of sp³-hybridized carbons (Fsp3) is 0.778. The van der Waals surface area contributed by atoms with E-state index in [1.165, 1.54) is 0 Å². The molecule has 5 heteroatoms. The molecule has 0 radical (unpaired) electrons. The molecule has 0 aliphatic rings. The summed E-state index contributed by atoms with van der Waals surface area (Å²) in [6, 6.07) is 0.461. The van der Waals surface area contributed by atoms with Gasteiger partial charge in [-0.05, 0) is 20.8 Å². The van der Waals surface area contributed by atoms with Crippen LogP contribution < -0.4 is 11.1 Å². The lowest BCUT2D eigenvalue weighted by Gasteiger charge is -2.14. The Bertz CT molecular complexity index is 289. The smallest absolute Gasteiger partial charge is 0.224 e. The Morgan fingerprint density at radius 1 is 1.36 bits per heavy atom. The standard InChI is InChI=1S/C9H19N5/c1-6(2)14-8(5-7(3)10)12-13-9(14)11-4/h6-7H,5,10H2,1-4H3,(H,11,13). The summed E-state index contributed by atoms with van der Waals surface area (Å²) >= 11 is 0. The number of nitrogens with two attached hydrogens (primary N) is 1. The second kappa shape index (κ2) is 4.41. The van der Waals surface area contributed by atoms with Gasteiger partial charge in [0.05, 0.1) is 0 Å². The molecule has 0 saturated heterocycles. The van der Waals surface area contributed by atoms with Gasteiger partial charge in [-0.3, -0.25) is 4.57 Å². The van der Waals surface area contributed by atoms with Crippen LogP contribution in [0, 0.1) is 0 Å². The van der Waals surface area contributed by atoms with Crippen LogP contribution >= 0.6 is 0 Å². The summed E-state index contributed by atoms with van der Waals surface area (Å²) in [5, 5.41) is 11.2. The van der Waals surface area contributed by atoms with Gasteiger partial charge in [0, 0.05) is 25.6 Å². The van der Waals surface area contributed by atoms with Crippen LogP contribution in [-0.2, 0) is 6.42 Å². The van der Waals surface area contributed by atoms with E-state index in [9.17, 15) is 0 Å². The van der Waals surface area contributed by atoms with Gasteiger partial charge in [-0.15, -0.1) is 10.2 Å². The minimum absolute atomic E-state index is 0.112. The van der Waals surface area contributed by atoms with E-state index in [0.717, 1.165) is 18.2 Å². The highest BCUT2D eigenvalue weighted by atomic mass is 15.4. The second-order valence-corrected chi connectivity index (χ2v) is 3.83. The number of rotatable bonds is 4. The van der Waals surface area contributed by atoms with Gasteiger partial charge in [0.1, 0.15) is 5.82 Å². The summed E-state index contributed by atoms with van der Waals surface area (Å²) in [5.74, 6) is 1.75. The minimum atomic E-state index is 0.112. The third kappa shape index (κ3) is 2.23. The van der Waals surface area contributed by atoms with E-state index in [1.807, 2.05) is 14.0 Å². The van der Waals surface area contributed by atoms with Crippen molar-refractivity contribution in [3.8, 4) is 0 Å². The summed E-state index contributed by atoms with van der Waals surface area (Å²) in [6.45, 7) is 6.18. The Labute approximate surface area is 84.7 Å². The maximum Gasteiger partial charge on any atom is 0.224 e. The second-order valence-electron chi connectivity index (χ2n) is 3.83. The summed E-state index contributed by atoms with van der Waals surface area (Å²) in [5.41, 5.74) is 5.74. The molecule has 0 fully saturated rings. The van der Waals surface area contributed by atoms with Gasteiger partial charge in [-0.1, -0.05) is 0 Å². The van der Waals surface area contributed by atoms with Gasteiger partial charge in [-0.2, -0.15) is 0 Å². The van der Waals surface area contributed by atoms with Crippen LogP contribution in [-0.4, -0.2) is 27.9 Å². The first kappa shape index (κ1) is 11.0. The maximum atomic E-state index is 5.74. The molecule has 0 amide bonds. The molecule has 0 bridgehead atoms. The largest absolute Gasteiger partial charge is 0.357 e. The van der Waals surface area contributed by atoms with E-state index >= 15 is 0 Å². The molecule has 0 saturated carbocycles. The van der Waals surface area contributed by atoms with Crippen LogP contribution in [0.3, 0.4) is 0 Å². The first-order valence-corrected chi connectivity index (χ1v) is 4.93. The molecule has 14 heavy (non-hydrogen) atoms. The quantitative estimate of drug-likeness (QED) is 0.748. The molecule has 0 aliphatic carbocycles. The van der Waals surface area contributed by atoms with Crippen molar-refractivity contribution in [3.05, 3.63) is 5.82 Å². The van der Waals surface area contributed by atoms with Crippen LogP contribution in [0.4, 0.5) is 5.95 Å². The molecule has 0 spiro atoms. The Hall–Kier alpha value is -1.10. The van der Waals surface area contributed by atoms with E-state index in [1.54, 1.807) is 0 Å². The predicted octanol–water partition coefficient (Wildman–Crippen LogP) is 0.790. The number of nitrogens with zero attached hydrogens (tertiary/aromatic N) is 3. The molecule has 5 nitrogen and oxygen atoms in total. The lowest BCUT2D eigenvalue weighted by molar-refractivity contribution is 0.556. The maximum absolute atomic E-state index is 5.74. The SMILES string of the molecule is CNc1nnc(CC(C)N)n1C(C)C. The summed E-state index contributed by atoms with van der Waals surface area (Å²) in [6.07, 6.45) is 0.757. The lowest BCUT2D eigenvalue weighted by atomic mass is 10.2. The van der Waals surface area contributed by atoms with Gasteiger partial charge in [0.2, 0.25) is 5.95 Å². The molecule has 1 unspecified atom stereocenters. The van der Waals surface area contributed by atoms with Crippen molar-refractivity contribution in [2.75, 3.05) is 12.4 Å². The topological polar surface area (TPSA) is 68.8 Å². The average Bonchev–Trinajstić information content (AvgIpc) is 2.46. The molecular formula is C9H19N5. The molecule has 80 valence electrons. The number of anilines is 1. The van der Waals surface area contributed by atoms with E-state index in [4.69, 9.17) is 5.73 Å². The van der Waals surface area contributed by atoms with E-state index < -0.39 is 0 Å². The Balaban J connectivity index is 2.98. The molecule has 1 aromatic rings. The van der Waals surface area contributed by atoms with Crippen LogP contribution in [0.15, 0.2) is 0 Å².